The molecule has 1 heterocycles. The fourth-order valence-electron chi connectivity index (χ4n) is 5.85. The number of likely N-dealkylation sites (tertiary alicyclic amines) is 1. The SMILES string of the molecule is C[C@H](c1ccccc1)N1C(=O)CC[C@@H]2C[C@@H](C(=O)N[C@H](C)c3ccccc3)[C@H](c3ccccc3)C=C21. The van der Waals surface area contributed by atoms with Gasteiger partial charge < -0.3 is 10.2 Å². The van der Waals surface area contributed by atoms with E-state index in [2.05, 4.69) is 42.6 Å². The summed E-state index contributed by atoms with van der Waals surface area (Å²) in [6.45, 7) is 4.14. The normalized spacial score (nSPS) is 23.3. The molecule has 1 fully saturated rings. The first-order chi connectivity index (χ1) is 17.5. The average Bonchev–Trinajstić information content (AvgIpc) is 2.93. The molecule has 2 aliphatic rings. The van der Waals surface area contributed by atoms with E-state index >= 15 is 0 Å². The molecule has 0 radical (unpaired) electrons. The highest BCUT2D eigenvalue weighted by atomic mass is 16.2. The number of amides is 2. The molecule has 1 saturated heterocycles. The monoisotopic (exact) mass is 478 g/mol. The molecule has 184 valence electrons. The zero-order valence-electron chi connectivity index (χ0n) is 21.0. The van der Waals surface area contributed by atoms with E-state index in [1.54, 1.807) is 0 Å². The van der Waals surface area contributed by atoms with E-state index in [9.17, 15) is 9.59 Å². The smallest absolute Gasteiger partial charge is 0.227 e. The highest BCUT2D eigenvalue weighted by Crippen LogP contribution is 2.46. The molecule has 1 N–H and O–H groups in total. The predicted octanol–water partition coefficient (Wildman–Crippen LogP) is 6.55. The molecule has 3 aromatic rings. The topological polar surface area (TPSA) is 49.4 Å². The van der Waals surface area contributed by atoms with E-state index in [0.717, 1.165) is 35.2 Å². The van der Waals surface area contributed by atoms with Crippen LogP contribution in [-0.2, 0) is 9.59 Å². The van der Waals surface area contributed by atoms with Gasteiger partial charge in [-0.2, -0.15) is 0 Å². The second-order valence-electron chi connectivity index (χ2n) is 10.1. The first kappa shape index (κ1) is 24.1. The number of piperidine rings is 1. The van der Waals surface area contributed by atoms with Gasteiger partial charge >= 0.3 is 0 Å². The summed E-state index contributed by atoms with van der Waals surface area (Å²) in [6.07, 6.45) is 4.27. The van der Waals surface area contributed by atoms with Crippen LogP contribution in [-0.4, -0.2) is 16.7 Å². The summed E-state index contributed by atoms with van der Waals surface area (Å²) in [5.74, 6) is 0.166. The van der Waals surface area contributed by atoms with Gasteiger partial charge in [-0.05, 0) is 43.4 Å². The Bertz CT molecular complexity index is 1220. The van der Waals surface area contributed by atoms with Crippen molar-refractivity contribution in [2.45, 2.75) is 51.1 Å². The Balaban J connectivity index is 1.49. The minimum atomic E-state index is -0.186. The number of hydrogen-bond acceptors (Lipinski definition) is 2. The zero-order chi connectivity index (χ0) is 25.1. The predicted molar refractivity (Wildman–Crippen MR) is 143 cm³/mol. The summed E-state index contributed by atoms with van der Waals surface area (Å²) in [5, 5.41) is 3.28. The Kier molecular flexibility index (Phi) is 7.04. The maximum absolute atomic E-state index is 13.7. The molecule has 0 aromatic heterocycles. The van der Waals surface area contributed by atoms with E-state index in [4.69, 9.17) is 0 Å². The van der Waals surface area contributed by atoms with Gasteiger partial charge in [0.1, 0.15) is 0 Å². The van der Waals surface area contributed by atoms with Crippen LogP contribution in [0.25, 0.3) is 0 Å². The van der Waals surface area contributed by atoms with Crippen molar-refractivity contribution in [3.63, 3.8) is 0 Å². The van der Waals surface area contributed by atoms with Crippen LogP contribution in [0.5, 0.6) is 0 Å². The number of carbonyl (C=O) groups excluding carboxylic acids is 2. The number of allylic oxidation sites excluding steroid dienone is 2. The molecule has 5 atom stereocenters. The second kappa shape index (κ2) is 10.5. The Morgan fingerprint density at radius 3 is 2.08 bits per heavy atom. The van der Waals surface area contributed by atoms with Gasteiger partial charge in [0.15, 0.2) is 0 Å². The molecule has 4 heteroatoms. The molecule has 1 aliphatic carbocycles. The summed E-state index contributed by atoms with van der Waals surface area (Å²) in [4.78, 5) is 29.0. The summed E-state index contributed by atoms with van der Waals surface area (Å²) in [5.41, 5.74) is 4.42. The largest absolute Gasteiger partial charge is 0.349 e. The molecule has 0 unspecified atom stereocenters. The molecule has 5 rings (SSSR count). The molecular formula is C32H34N2O2. The van der Waals surface area contributed by atoms with E-state index in [1.165, 1.54) is 0 Å². The minimum absolute atomic E-state index is 0.0485. The lowest BCUT2D eigenvalue weighted by molar-refractivity contribution is -0.134. The van der Waals surface area contributed by atoms with Crippen molar-refractivity contribution in [1.29, 1.82) is 0 Å². The van der Waals surface area contributed by atoms with E-state index in [1.807, 2.05) is 78.6 Å². The van der Waals surface area contributed by atoms with Crippen molar-refractivity contribution < 1.29 is 9.59 Å². The van der Waals surface area contributed by atoms with Crippen LogP contribution in [0.3, 0.4) is 0 Å². The van der Waals surface area contributed by atoms with Crippen LogP contribution in [0.15, 0.2) is 103 Å². The van der Waals surface area contributed by atoms with Crippen molar-refractivity contribution in [3.05, 3.63) is 119 Å². The summed E-state index contributed by atoms with van der Waals surface area (Å²) >= 11 is 0. The lowest BCUT2D eigenvalue weighted by Gasteiger charge is -2.45. The molecule has 0 bridgehead atoms. The van der Waals surface area contributed by atoms with Crippen molar-refractivity contribution in [2.24, 2.45) is 11.8 Å². The van der Waals surface area contributed by atoms with Gasteiger partial charge in [-0.25, -0.2) is 0 Å². The molecule has 2 amide bonds. The van der Waals surface area contributed by atoms with Crippen molar-refractivity contribution in [1.82, 2.24) is 10.2 Å². The Hall–Kier alpha value is -3.66. The van der Waals surface area contributed by atoms with E-state index < -0.39 is 0 Å². The van der Waals surface area contributed by atoms with Crippen molar-refractivity contribution in [2.75, 3.05) is 0 Å². The summed E-state index contributed by atoms with van der Waals surface area (Å²) in [7, 11) is 0. The van der Waals surface area contributed by atoms with Crippen molar-refractivity contribution >= 4 is 11.8 Å². The van der Waals surface area contributed by atoms with Crippen LogP contribution in [0.4, 0.5) is 0 Å². The molecular weight excluding hydrogens is 444 g/mol. The lowest BCUT2D eigenvalue weighted by Crippen LogP contribution is -2.45. The number of nitrogens with zero attached hydrogens (tertiary/aromatic N) is 1. The number of carbonyl (C=O) groups is 2. The Morgan fingerprint density at radius 2 is 1.44 bits per heavy atom. The molecule has 0 spiro atoms. The van der Waals surface area contributed by atoms with Crippen LogP contribution >= 0.6 is 0 Å². The van der Waals surface area contributed by atoms with E-state index in [-0.39, 0.29) is 41.7 Å². The third-order valence-corrected chi connectivity index (χ3v) is 7.84. The fraction of sp³-hybridized carbons (Fsp3) is 0.312. The van der Waals surface area contributed by atoms with Crippen LogP contribution in [0, 0.1) is 11.8 Å². The number of nitrogens with one attached hydrogen (secondary N) is 1. The molecule has 0 saturated carbocycles. The van der Waals surface area contributed by atoms with Crippen LogP contribution < -0.4 is 5.32 Å². The maximum atomic E-state index is 13.7. The minimum Gasteiger partial charge on any atom is -0.349 e. The quantitative estimate of drug-likeness (QED) is 0.437. The van der Waals surface area contributed by atoms with Gasteiger partial charge in [0.2, 0.25) is 11.8 Å². The van der Waals surface area contributed by atoms with Crippen LogP contribution in [0.2, 0.25) is 0 Å². The van der Waals surface area contributed by atoms with Gasteiger partial charge in [0, 0.05) is 29.9 Å². The highest BCUT2D eigenvalue weighted by Gasteiger charge is 2.43. The van der Waals surface area contributed by atoms with Crippen molar-refractivity contribution in [3.8, 4) is 0 Å². The number of rotatable bonds is 6. The number of hydrogen-bond donors (Lipinski definition) is 1. The Labute approximate surface area is 214 Å². The van der Waals surface area contributed by atoms with E-state index in [0.29, 0.717) is 6.42 Å². The maximum Gasteiger partial charge on any atom is 0.227 e. The van der Waals surface area contributed by atoms with Gasteiger partial charge in [-0.3, -0.25) is 9.59 Å². The van der Waals surface area contributed by atoms with Crippen LogP contribution in [0.1, 0.15) is 67.8 Å². The Morgan fingerprint density at radius 1 is 0.861 bits per heavy atom. The third kappa shape index (κ3) is 4.86. The first-order valence-corrected chi connectivity index (χ1v) is 13.0. The van der Waals surface area contributed by atoms with Gasteiger partial charge in [-0.15, -0.1) is 0 Å². The lowest BCUT2D eigenvalue weighted by atomic mass is 9.70. The molecule has 36 heavy (non-hydrogen) atoms. The summed E-state index contributed by atoms with van der Waals surface area (Å²) < 4.78 is 0. The number of benzene rings is 3. The van der Waals surface area contributed by atoms with Gasteiger partial charge in [0.05, 0.1) is 12.1 Å². The molecule has 4 nitrogen and oxygen atoms in total. The average molecular weight is 479 g/mol. The fourth-order valence-corrected chi connectivity index (χ4v) is 5.85. The highest BCUT2D eigenvalue weighted by molar-refractivity contribution is 5.83. The molecule has 1 aliphatic heterocycles. The third-order valence-electron chi connectivity index (χ3n) is 7.84. The second-order valence-corrected chi connectivity index (χ2v) is 10.1. The first-order valence-electron chi connectivity index (χ1n) is 13.0. The molecule has 3 aromatic carbocycles. The van der Waals surface area contributed by atoms with Gasteiger partial charge in [-0.1, -0.05) is 97.1 Å². The summed E-state index contributed by atoms with van der Waals surface area (Å²) in [6, 6.07) is 30.4. The zero-order valence-corrected chi connectivity index (χ0v) is 21.0. The standard InChI is InChI=1S/C32H34N2O2/c1-22(24-12-6-3-7-13-24)33-32(36)29-20-27-18-19-31(35)34(23(2)25-14-8-4-9-15-25)30(27)21-28(29)26-16-10-5-11-17-26/h3-17,21-23,27-29H,18-20H2,1-2H3,(H,33,36)/t22-,23-,27-,28+,29-/m1/s1. The van der Waals surface area contributed by atoms with Gasteiger partial charge in [0.25, 0.3) is 0 Å². The number of fused-ring (bicyclic) bond motifs is 1.